The average molecular weight is 321 g/mol. The van der Waals surface area contributed by atoms with Crippen LogP contribution in [0.3, 0.4) is 0 Å². The monoisotopic (exact) mass is 321 g/mol. The highest BCUT2D eigenvalue weighted by atomic mass is 16.2. The van der Waals surface area contributed by atoms with Gasteiger partial charge in [-0.1, -0.05) is 38.3 Å². The lowest BCUT2D eigenvalue weighted by Crippen LogP contribution is -2.47. The molecule has 4 rings (SSSR count). The van der Waals surface area contributed by atoms with E-state index < -0.39 is 0 Å². The van der Waals surface area contributed by atoms with Crippen molar-refractivity contribution in [3.63, 3.8) is 0 Å². The molecule has 0 aromatic heterocycles. The Bertz CT molecular complexity index is 745. The minimum Gasteiger partial charge on any atom is -0.325 e. The zero-order valence-corrected chi connectivity index (χ0v) is 14.2. The lowest BCUT2D eigenvalue weighted by molar-refractivity contribution is -0.124. The first-order chi connectivity index (χ1) is 11.8. The summed E-state index contributed by atoms with van der Waals surface area (Å²) in [5, 5.41) is 9.91. The van der Waals surface area contributed by atoms with Gasteiger partial charge in [0.1, 0.15) is 5.82 Å². The molecule has 1 aliphatic carbocycles. The number of anilines is 2. The molecular formula is C20H23N3O. The fraction of sp³-hybridized carbons (Fsp3) is 0.500. The van der Waals surface area contributed by atoms with E-state index in [1.54, 1.807) is 0 Å². The molecule has 4 nitrogen and oxygen atoms in total. The van der Waals surface area contributed by atoms with Crippen LogP contribution in [0.1, 0.15) is 45.4 Å². The van der Waals surface area contributed by atoms with Crippen LogP contribution in [0, 0.1) is 23.2 Å². The maximum Gasteiger partial charge on any atom is 0.236 e. The van der Waals surface area contributed by atoms with E-state index in [2.05, 4.69) is 24.0 Å². The van der Waals surface area contributed by atoms with E-state index in [4.69, 9.17) is 0 Å². The number of nitrogens with zero attached hydrogens (tertiary/aromatic N) is 3. The summed E-state index contributed by atoms with van der Waals surface area (Å²) in [4.78, 5) is 17.3. The molecule has 1 aromatic carbocycles. The zero-order valence-electron chi connectivity index (χ0n) is 14.2. The Morgan fingerprint density at radius 2 is 1.88 bits per heavy atom. The predicted octanol–water partition coefficient (Wildman–Crippen LogP) is 4.19. The number of hydrogen-bond acceptors (Lipinski definition) is 3. The number of allylic oxidation sites excluding steroid dienone is 1. The lowest BCUT2D eigenvalue weighted by Gasteiger charge is -2.40. The normalized spacial score (nSPS) is 25.2. The molecule has 0 N–H and O–H groups in total. The van der Waals surface area contributed by atoms with Crippen molar-refractivity contribution in [1.29, 1.82) is 5.26 Å². The summed E-state index contributed by atoms with van der Waals surface area (Å²) in [5.41, 5.74) is 2.85. The van der Waals surface area contributed by atoms with Crippen LogP contribution in [-0.2, 0) is 4.79 Å². The summed E-state index contributed by atoms with van der Waals surface area (Å²) in [6.07, 6.45) is 6.23. The van der Waals surface area contributed by atoms with Gasteiger partial charge in [0, 0.05) is 18.4 Å². The van der Waals surface area contributed by atoms with E-state index in [9.17, 15) is 10.1 Å². The number of unbranched alkanes of at least 4 members (excludes halogenated alkanes) is 1. The van der Waals surface area contributed by atoms with Crippen LogP contribution in [0.4, 0.5) is 11.4 Å². The molecular weight excluding hydrogens is 298 g/mol. The van der Waals surface area contributed by atoms with Crippen molar-refractivity contribution in [2.45, 2.75) is 45.4 Å². The molecule has 2 heterocycles. The van der Waals surface area contributed by atoms with E-state index in [1.807, 2.05) is 23.1 Å². The third kappa shape index (κ3) is 2.07. The average Bonchev–Trinajstić information content (AvgIpc) is 2.95. The Kier molecular flexibility index (Phi) is 3.80. The fourth-order valence-corrected chi connectivity index (χ4v) is 4.50. The van der Waals surface area contributed by atoms with E-state index in [0.717, 1.165) is 67.8 Å². The molecule has 0 radical (unpaired) electrons. The molecule has 1 fully saturated rings. The Balaban J connectivity index is 1.89. The molecule has 1 saturated carbocycles. The van der Waals surface area contributed by atoms with Crippen molar-refractivity contribution in [3.05, 3.63) is 35.7 Å². The Morgan fingerprint density at radius 1 is 1.17 bits per heavy atom. The number of carbonyl (C=O) groups is 1. The van der Waals surface area contributed by atoms with Gasteiger partial charge in [0.15, 0.2) is 0 Å². The summed E-state index contributed by atoms with van der Waals surface area (Å²) in [6.45, 7) is 3.03. The van der Waals surface area contributed by atoms with Gasteiger partial charge in [-0.05, 0) is 31.4 Å². The molecule has 0 saturated heterocycles. The molecule has 4 heteroatoms. The van der Waals surface area contributed by atoms with Crippen molar-refractivity contribution < 1.29 is 4.79 Å². The highest BCUT2D eigenvalue weighted by Gasteiger charge is 2.48. The summed E-state index contributed by atoms with van der Waals surface area (Å²) >= 11 is 0. The number of benzene rings is 1. The van der Waals surface area contributed by atoms with Gasteiger partial charge >= 0.3 is 0 Å². The molecule has 3 aliphatic rings. The third-order valence-electron chi connectivity index (χ3n) is 5.65. The van der Waals surface area contributed by atoms with Gasteiger partial charge in [-0.3, -0.25) is 9.69 Å². The van der Waals surface area contributed by atoms with Crippen LogP contribution < -0.4 is 9.80 Å². The Hall–Kier alpha value is -2.28. The van der Waals surface area contributed by atoms with Crippen LogP contribution >= 0.6 is 0 Å². The summed E-state index contributed by atoms with van der Waals surface area (Å²) < 4.78 is 0. The third-order valence-corrected chi connectivity index (χ3v) is 5.65. The van der Waals surface area contributed by atoms with Crippen molar-refractivity contribution in [3.8, 4) is 6.07 Å². The van der Waals surface area contributed by atoms with Crippen LogP contribution in [0.15, 0.2) is 35.7 Å². The van der Waals surface area contributed by atoms with Gasteiger partial charge in [0.2, 0.25) is 5.91 Å². The van der Waals surface area contributed by atoms with Gasteiger partial charge in [-0.15, -0.1) is 0 Å². The Morgan fingerprint density at radius 3 is 2.58 bits per heavy atom. The number of fused-ring (bicyclic) bond motifs is 4. The van der Waals surface area contributed by atoms with E-state index in [-0.39, 0.29) is 17.7 Å². The minimum atomic E-state index is -0.0173. The number of amides is 1. The fourth-order valence-electron chi connectivity index (χ4n) is 4.50. The van der Waals surface area contributed by atoms with Crippen LogP contribution in [-0.4, -0.2) is 12.5 Å². The summed E-state index contributed by atoms with van der Waals surface area (Å²) in [6, 6.07) is 10.6. The first-order valence-electron chi connectivity index (χ1n) is 9.12. The molecule has 0 bridgehead atoms. The molecule has 124 valence electrons. The zero-order chi connectivity index (χ0) is 16.7. The van der Waals surface area contributed by atoms with E-state index >= 15 is 0 Å². The maximum atomic E-state index is 13.2. The quantitative estimate of drug-likeness (QED) is 0.838. The first kappa shape index (κ1) is 15.3. The maximum absolute atomic E-state index is 13.2. The topological polar surface area (TPSA) is 47.3 Å². The smallest absolute Gasteiger partial charge is 0.236 e. The molecule has 24 heavy (non-hydrogen) atoms. The van der Waals surface area contributed by atoms with E-state index in [0.29, 0.717) is 0 Å². The minimum absolute atomic E-state index is 0.0173. The van der Waals surface area contributed by atoms with Gasteiger partial charge < -0.3 is 4.90 Å². The number of carbonyl (C=O) groups excluding carboxylic acids is 1. The molecule has 2 unspecified atom stereocenters. The van der Waals surface area contributed by atoms with Gasteiger partial charge in [-0.2, -0.15) is 5.26 Å². The van der Waals surface area contributed by atoms with Crippen LogP contribution in [0.5, 0.6) is 0 Å². The van der Waals surface area contributed by atoms with Crippen molar-refractivity contribution in [2.24, 2.45) is 11.8 Å². The Labute approximate surface area is 143 Å². The molecule has 2 aliphatic heterocycles. The van der Waals surface area contributed by atoms with Crippen LogP contribution in [0.25, 0.3) is 0 Å². The second-order valence-electron chi connectivity index (χ2n) is 7.01. The van der Waals surface area contributed by atoms with Crippen molar-refractivity contribution >= 4 is 17.3 Å². The predicted molar refractivity (Wildman–Crippen MR) is 94.3 cm³/mol. The molecule has 2 atom stereocenters. The van der Waals surface area contributed by atoms with Crippen molar-refractivity contribution in [1.82, 2.24) is 0 Å². The molecule has 1 aromatic rings. The van der Waals surface area contributed by atoms with Gasteiger partial charge in [0.05, 0.1) is 23.0 Å². The standard InChI is InChI=1S/C20H23N3O/c1-2-3-12-22-17-10-6-7-11-18(17)23-19(22)16(13-21)14-8-4-5-9-15(14)20(23)24/h6-7,10-11,14-15H,2-5,8-9,12H2,1H3. The molecule has 1 amide bonds. The van der Waals surface area contributed by atoms with E-state index in [1.165, 1.54) is 0 Å². The second kappa shape index (κ2) is 5.98. The van der Waals surface area contributed by atoms with Gasteiger partial charge in [0.25, 0.3) is 0 Å². The number of nitriles is 1. The summed E-state index contributed by atoms with van der Waals surface area (Å²) in [7, 11) is 0. The lowest BCUT2D eigenvalue weighted by atomic mass is 9.72. The van der Waals surface area contributed by atoms with Crippen molar-refractivity contribution in [2.75, 3.05) is 16.3 Å². The summed E-state index contributed by atoms with van der Waals surface area (Å²) in [5.74, 6) is 1.14. The molecule has 0 spiro atoms. The van der Waals surface area contributed by atoms with Crippen LogP contribution in [0.2, 0.25) is 0 Å². The number of rotatable bonds is 3. The number of hydrogen-bond donors (Lipinski definition) is 0. The highest BCUT2D eigenvalue weighted by molar-refractivity contribution is 6.07. The largest absolute Gasteiger partial charge is 0.325 e. The highest BCUT2D eigenvalue weighted by Crippen LogP contribution is 2.50. The first-order valence-corrected chi connectivity index (χ1v) is 9.12. The second-order valence-corrected chi connectivity index (χ2v) is 7.01. The number of para-hydroxylation sites is 2. The van der Waals surface area contributed by atoms with Gasteiger partial charge in [-0.25, -0.2) is 0 Å². The SMILES string of the molecule is CCCCN1C2=C(C#N)C3CCCCC3C(=O)N2c2ccccc21.